The molecule has 3 rings (SSSR count). The van der Waals surface area contributed by atoms with E-state index in [1.54, 1.807) is 42.5 Å². The summed E-state index contributed by atoms with van der Waals surface area (Å²) >= 11 is 0. The van der Waals surface area contributed by atoms with Crippen molar-refractivity contribution in [3.63, 3.8) is 0 Å². The lowest BCUT2D eigenvalue weighted by molar-refractivity contribution is -0.119. The van der Waals surface area contributed by atoms with Crippen LogP contribution in [0.3, 0.4) is 0 Å². The fourth-order valence-corrected chi connectivity index (χ4v) is 4.81. The number of sulfonamides is 1. The highest BCUT2D eigenvalue weighted by Crippen LogP contribution is 2.35. The molecule has 7 nitrogen and oxygen atoms in total. The van der Waals surface area contributed by atoms with Crippen molar-refractivity contribution in [2.45, 2.75) is 17.7 Å². The predicted octanol–water partition coefficient (Wildman–Crippen LogP) is 3.79. The third-order valence-corrected chi connectivity index (χ3v) is 6.92. The summed E-state index contributed by atoms with van der Waals surface area (Å²) in [7, 11) is -1.19. The van der Waals surface area contributed by atoms with Crippen LogP contribution >= 0.6 is 0 Å². The number of halogens is 1. The van der Waals surface area contributed by atoms with E-state index in [0.717, 1.165) is 9.87 Å². The van der Waals surface area contributed by atoms with Gasteiger partial charge in [0.25, 0.3) is 10.0 Å². The maximum atomic E-state index is 13.5. The number of hydrogen-bond donors (Lipinski definition) is 1. The number of ether oxygens (including phenoxy) is 2. The van der Waals surface area contributed by atoms with Crippen molar-refractivity contribution in [1.82, 2.24) is 5.32 Å². The van der Waals surface area contributed by atoms with Crippen molar-refractivity contribution in [1.29, 1.82) is 0 Å². The average molecular weight is 487 g/mol. The third-order valence-electron chi connectivity index (χ3n) is 5.15. The lowest BCUT2D eigenvalue weighted by Crippen LogP contribution is -2.41. The molecule has 0 unspecified atom stereocenters. The largest absolute Gasteiger partial charge is 0.497 e. The minimum atomic E-state index is -4.08. The van der Waals surface area contributed by atoms with Gasteiger partial charge < -0.3 is 14.8 Å². The van der Waals surface area contributed by atoms with Gasteiger partial charge in [0, 0.05) is 12.6 Å². The molecule has 0 aromatic heterocycles. The first-order valence-corrected chi connectivity index (χ1v) is 12.1. The molecule has 0 radical (unpaired) electrons. The molecule has 9 heteroatoms. The molecule has 0 saturated carbocycles. The molecule has 0 fully saturated rings. The number of aryl methyl sites for hydroxylation is 1. The van der Waals surface area contributed by atoms with Crippen LogP contribution in [-0.4, -0.2) is 41.6 Å². The van der Waals surface area contributed by atoms with Crippen LogP contribution in [0.4, 0.5) is 10.1 Å². The van der Waals surface area contributed by atoms with Gasteiger partial charge in [-0.1, -0.05) is 30.3 Å². The van der Waals surface area contributed by atoms with Crippen LogP contribution < -0.4 is 19.1 Å². The van der Waals surface area contributed by atoms with E-state index in [9.17, 15) is 17.6 Å². The summed E-state index contributed by atoms with van der Waals surface area (Å²) in [5.41, 5.74) is 1.14. The molecule has 0 aliphatic carbocycles. The maximum Gasteiger partial charge on any atom is 0.264 e. The standard InChI is InChI=1S/C25H27FN2O5S/c1-32-21-14-15-24(33-2)23(17-21)28(34(30,31)22-8-4-3-5-9-22)18-25(29)27-16-6-7-19-10-12-20(26)13-11-19/h3-5,8-15,17H,6-7,16,18H2,1-2H3,(H,27,29). The molecule has 0 aliphatic rings. The van der Waals surface area contributed by atoms with E-state index < -0.39 is 22.5 Å². The fourth-order valence-electron chi connectivity index (χ4n) is 3.37. The highest BCUT2D eigenvalue weighted by atomic mass is 32.2. The zero-order valence-electron chi connectivity index (χ0n) is 19.0. The van der Waals surface area contributed by atoms with Gasteiger partial charge in [0.2, 0.25) is 5.91 Å². The Labute approximate surface area is 199 Å². The van der Waals surface area contributed by atoms with Gasteiger partial charge in [-0.05, 0) is 54.8 Å². The molecule has 0 aliphatic heterocycles. The number of carbonyl (C=O) groups is 1. The molecular formula is C25H27FN2O5S. The second-order valence-corrected chi connectivity index (χ2v) is 9.30. The molecule has 0 spiro atoms. The summed E-state index contributed by atoms with van der Waals surface area (Å²) in [6.45, 7) is -0.109. The zero-order chi connectivity index (χ0) is 24.6. The summed E-state index contributed by atoms with van der Waals surface area (Å²) in [5.74, 6) is -0.0681. The van der Waals surface area contributed by atoms with E-state index in [4.69, 9.17) is 9.47 Å². The maximum absolute atomic E-state index is 13.5. The molecule has 1 amide bonds. The van der Waals surface area contributed by atoms with Crippen molar-refractivity contribution < 1.29 is 27.1 Å². The van der Waals surface area contributed by atoms with Crippen LogP contribution in [0.5, 0.6) is 11.5 Å². The molecular weight excluding hydrogens is 459 g/mol. The van der Waals surface area contributed by atoms with Gasteiger partial charge in [0.05, 0.1) is 24.8 Å². The number of rotatable bonds is 11. The van der Waals surface area contributed by atoms with Gasteiger partial charge in [0.1, 0.15) is 23.9 Å². The van der Waals surface area contributed by atoms with Crippen molar-refractivity contribution in [2.24, 2.45) is 0 Å². The SMILES string of the molecule is COc1ccc(OC)c(N(CC(=O)NCCCc2ccc(F)cc2)S(=O)(=O)c2ccccc2)c1. The number of carbonyl (C=O) groups excluding carboxylic acids is 1. The molecule has 180 valence electrons. The second-order valence-electron chi connectivity index (χ2n) is 7.44. The number of nitrogens with one attached hydrogen (secondary N) is 1. The van der Waals surface area contributed by atoms with Crippen LogP contribution in [0, 0.1) is 5.82 Å². The lowest BCUT2D eigenvalue weighted by atomic mass is 10.1. The minimum absolute atomic E-state index is 0.0454. The quantitative estimate of drug-likeness (QED) is 0.417. The van der Waals surface area contributed by atoms with Crippen LogP contribution in [0.1, 0.15) is 12.0 Å². The molecule has 0 atom stereocenters. The molecule has 0 heterocycles. The van der Waals surface area contributed by atoms with Crippen LogP contribution in [0.2, 0.25) is 0 Å². The number of amides is 1. The summed E-state index contributed by atoms with van der Waals surface area (Å²) in [6.07, 6.45) is 1.27. The first-order valence-electron chi connectivity index (χ1n) is 10.7. The first kappa shape index (κ1) is 25.0. The highest BCUT2D eigenvalue weighted by molar-refractivity contribution is 7.92. The van der Waals surface area contributed by atoms with Crippen LogP contribution in [0.15, 0.2) is 77.7 Å². The lowest BCUT2D eigenvalue weighted by Gasteiger charge is -2.26. The van der Waals surface area contributed by atoms with Crippen LogP contribution in [-0.2, 0) is 21.2 Å². The molecule has 3 aromatic rings. The Hall–Kier alpha value is -3.59. The van der Waals surface area contributed by atoms with E-state index >= 15 is 0 Å². The smallest absolute Gasteiger partial charge is 0.264 e. The summed E-state index contributed by atoms with van der Waals surface area (Å²) < 4.78 is 51.7. The van der Waals surface area contributed by atoms with Crippen molar-refractivity contribution >= 4 is 21.6 Å². The molecule has 3 aromatic carbocycles. The molecule has 0 saturated heterocycles. The van der Waals surface area contributed by atoms with Crippen LogP contribution in [0.25, 0.3) is 0 Å². The number of benzene rings is 3. The van der Waals surface area contributed by atoms with Crippen molar-refractivity contribution in [2.75, 3.05) is 31.6 Å². The topological polar surface area (TPSA) is 84.9 Å². The predicted molar refractivity (Wildman–Crippen MR) is 128 cm³/mol. The Bertz CT molecular complexity index is 1200. The molecule has 34 heavy (non-hydrogen) atoms. The normalized spacial score (nSPS) is 11.0. The average Bonchev–Trinajstić information content (AvgIpc) is 2.86. The number of nitrogens with zero attached hydrogens (tertiary/aromatic N) is 1. The first-order chi connectivity index (χ1) is 16.3. The van der Waals surface area contributed by atoms with Gasteiger partial charge in [-0.2, -0.15) is 0 Å². The summed E-state index contributed by atoms with van der Waals surface area (Å²) in [6, 6.07) is 18.8. The number of anilines is 1. The van der Waals surface area contributed by atoms with Gasteiger partial charge in [-0.25, -0.2) is 12.8 Å². The Morgan fingerprint density at radius 1 is 0.971 bits per heavy atom. The zero-order valence-corrected chi connectivity index (χ0v) is 19.8. The minimum Gasteiger partial charge on any atom is -0.497 e. The van der Waals surface area contributed by atoms with Gasteiger partial charge in [-0.3, -0.25) is 9.10 Å². The van der Waals surface area contributed by atoms with Crippen molar-refractivity contribution in [3.8, 4) is 11.5 Å². The Morgan fingerprint density at radius 3 is 2.32 bits per heavy atom. The van der Waals surface area contributed by atoms with E-state index in [0.29, 0.717) is 25.1 Å². The van der Waals surface area contributed by atoms with E-state index in [2.05, 4.69) is 5.32 Å². The summed E-state index contributed by atoms with van der Waals surface area (Å²) in [4.78, 5) is 12.8. The summed E-state index contributed by atoms with van der Waals surface area (Å²) in [5, 5.41) is 2.76. The Kier molecular flexibility index (Phi) is 8.48. The second kappa shape index (κ2) is 11.5. The fraction of sp³-hybridized carbons (Fsp3) is 0.240. The number of hydrogen-bond acceptors (Lipinski definition) is 5. The van der Waals surface area contributed by atoms with E-state index in [-0.39, 0.29) is 22.1 Å². The van der Waals surface area contributed by atoms with Gasteiger partial charge in [-0.15, -0.1) is 0 Å². The molecule has 0 bridgehead atoms. The van der Waals surface area contributed by atoms with Crippen molar-refractivity contribution in [3.05, 3.63) is 84.2 Å². The third kappa shape index (κ3) is 6.26. The van der Waals surface area contributed by atoms with E-state index in [1.807, 2.05) is 0 Å². The monoisotopic (exact) mass is 486 g/mol. The Balaban J connectivity index is 1.79. The Morgan fingerprint density at radius 2 is 1.68 bits per heavy atom. The van der Waals surface area contributed by atoms with E-state index in [1.165, 1.54) is 44.6 Å². The number of methoxy groups -OCH3 is 2. The van der Waals surface area contributed by atoms with Gasteiger partial charge >= 0.3 is 0 Å². The molecule has 1 N–H and O–H groups in total. The van der Waals surface area contributed by atoms with Gasteiger partial charge in [0.15, 0.2) is 0 Å². The highest BCUT2D eigenvalue weighted by Gasteiger charge is 2.29.